The first-order valence-corrected chi connectivity index (χ1v) is 14.5. The van der Waals surface area contributed by atoms with Crippen LogP contribution >= 0.6 is 0 Å². The zero-order chi connectivity index (χ0) is 29.4. The van der Waals surface area contributed by atoms with E-state index in [4.69, 9.17) is 0 Å². The van der Waals surface area contributed by atoms with E-state index in [2.05, 4.69) is 10.3 Å². The van der Waals surface area contributed by atoms with Crippen molar-refractivity contribution >= 4 is 27.7 Å². The van der Waals surface area contributed by atoms with E-state index in [0.29, 0.717) is 29.6 Å². The molecule has 216 valence electrons. The number of fused-ring (bicyclic) bond motifs is 2. The molecule has 1 aliphatic carbocycles. The fourth-order valence-corrected chi connectivity index (χ4v) is 6.51. The van der Waals surface area contributed by atoms with E-state index < -0.39 is 23.1 Å². The van der Waals surface area contributed by atoms with Crippen molar-refractivity contribution in [1.82, 2.24) is 14.9 Å². The Morgan fingerprint density at radius 2 is 1.74 bits per heavy atom. The largest absolute Gasteiger partial charge is 0.507 e. The van der Waals surface area contributed by atoms with Gasteiger partial charge >= 0.3 is 0 Å². The standard InChI is InChI=1S/C34H33F2N3O3/c1-39-28-14-8-6-12-24(28)32(40)30(34(39)42)29(25-19-21(35)15-16-26(25)36)31-23(22-11-5-7-13-27(22)38-31)17-18-37-33(41)20-9-3-2-4-10-20/h5-8,11-16,19-20,29,38,40H,2-4,9-10,17-18H2,1H3,(H,37,41). The number of nitrogens with one attached hydrogen (secondary N) is 2. The van der Waals surface area contributed by atoms with Gasteiger partial charge in [0.2, 0.25) is 5.91 Å². The molecule has 0 bridgehead atoms. The summed E-state index contributed by atoms with van der Waals surface area (Å²) in [5, 5.41) is 15.9. The molecule has 2 aromatic heterocycles. The van der Waals surface area contributed by atoms with Gasteiger partial charge in [-0.3, -0.25) is 9.59 Å². The summed E-state index contributed by atoms with van der Waals surface area (Å²) in [4.78, 5) is 30.2. The number of halogens is 2. The van der Waals surface area contributed by atoms with Crippen molar-refractivity contribution < 1.29 is 18.7 Å². The van der Waals surface area contributed by atoms with Crippen molar-refractivity contribution in [3.63, 3.8) is 0 Å². The van der Waals surface area contributed by atoms with Gasteiger partial charge in [0.15, 0.2) is 0 Å². The maximum absolute atomic E-state index is 15.6. The minimum Gasteiger partial charge on any atom is -0.507 e. The molecular weight excluding hydrogens is 536 g/mol. The molecule has 2 heterocycles. The lowest BCUT2D eigenvalue weighted by Gasteiger charge is -2.23. The molecule has 0 saturated heterocycles. The number of carbonyl (C=O) groups is 1. The van der Waals surface area contributed by atoms with E-state index in [-0.39, 0.29) is 28.7 Å². The van der Waals surface area contributed by atoms with Crippen molar-refractivity contribution in [2.75, 3.05) is 6.54 Å². The van der Waals surface area contributed by atoms with E-state index in [1.807, 2.05) is 24.3 Å². The number of aromatic nitrogens is 2. The third-order valence-electron chi connectivity index (χ3n) is 8.65. The number of pyridine rings is 1. The Kier molecular flexibility index (Phi) is 7.54. The predicted molar refractivity (Wildman–Crippen MR) is 160 cm³/mol. The number of hydrogen-bond acceptors (Lipinski definition) is 3. The van der Waals surface area contributed by atoms with Crippen LogP contribution in [0.25, 0.3) is 21.8 Å². The number of carbonyl (C=O) groups excluding carboxylic acids is 1. The zero-order valence-electron chi connectivity index (χ0n) is 23.4. The van der Waals surface area contributed by atoms with Crippen LogP contribution in [0.5, 0.6) is 5.75 Å². The molecule has 1 saturated carbocycles. The summed E-state index contributed by atoms with van der Waals surface area (Å²) in [7, 11) is 1.60. The Morgan fingerprint density at radius 3 is 2.52 bits per heavy atom. The number of aryl methyl sites for hydroxylation is 1. The average Bonchev–Trinajstić information content (AvgIpc) is 3.38. The predicted octanol–water partition coefficient (Wildman–Crippen LogP) is 6.42. The SMILES string of the molecule is Cn1c(=O)c(C(c2cc(F)ccc2F)c2[nH]c3ccccc3c2CCNC(=O)C2CCCCC2)c(O)c2ccccc21. The highest BCUT2D eigenvalue weighted by Crippen LogP contribution is 2.42. The number of rotatable bonds is 7. The van der Waals surface area contributed by atoms with Crippen molar-refractivity contribution in [2.45, 2.75) is 44.4 Å². The van der Waals surface area contributed by atoms with Gasteiger partial charge in [-0.1, -0.05) is 49.6 Å². The minimum absolute atomic E-state index is 0.00731. The van der Waals surface area contributed by atoms with E-state index in [0.717, 1.165) is 66.8 Å². The number of benzene rings is 3. The molecule has 42 heavy (non-hydrogen) atoms. The van der Waals surface area contributed by atoms with Crippen molar-refractivity contribution in [1.29, 1.82) is 0 Å². The third-order valence-corrected chi connectivity index (χ3v) is 8.65. The van der Waals surface area contributed by atoms with Gasteiger partial charge in [-0.05, 0) is 61.2 Å². The molecule has 6 nitrogen and oxygen atoms in total. The molecule has 0 spiro atoms. The second kappa shape index (κ2) is 11.4. The highest BCUT2D eigenvalue weighted by atomic mass is 19.1. The van der Waals surface area contributed by atoms with E-state index >= 15 is 4.39 Å². The average molecular weight is 570 g/mol. The second-order valence-corrected chi connectivity index (χ2v) is 11.2. The lowest BCUT2D eigenvalue weighted by Crippen LogP contribution is -2.33. The summed E-state index contributed by atoms with van der Waals surface area (Å²) in [6.45, 7) is 0.338. The van der Waals surface area contributed by atoms with E-state index in [9.17, 15) is 19.1 Å². The Labute approximate surface area is 242 Å². The van der Waals surface area contributed by atoms with Crippen molar-refractivity contribution in [2.24, 2.45) is 13.0 Å². The van der Waals surface area contributed by atoms with E-state index in [1.54, 1.807) is 31.3 Å². The number of aromatic hydroxyl groups is 1. The molecule has 1 atom stereocenters. The molecule has 1 fully saturated rings. The lowest BCUT2D eigenvalue weighted by atomic mass is 9.84. The van der Waals surface area contributed by atoms with Crippen LogP contribution in [-0.4, -0.2) is 27.1 Å². The van der Waals surface area contributed by atoms with Crippen LogP contribution in [0.4, 0.5) is 8.78 Å². The first-order chi connectivity index (χ1) is 20.3. The lowest BCUT2D eigenvalue weighted by molar-refractivity contribution is -0.125. The van der Waals surface area contributed by atoms with Crippen LogP contribution in [-0.2, 0) is 18.3 Å². The van der Waals surface area contributed by atoms with E-state index in [1.165, 1.54) is 4.57 Å². The normalized spacial score (nSPS) is 14.8. The molecule has 0 radical (unpaired) electrons. The molecular formula is C34H33F2N3O3. The third kappa shape index (κ3) is 4.95. The van der Waals surface area contributed by atoms with Gasteiger partial charge in [-0.15, -0.1) is 0 Å². The number of H-pyrrole nitrogens is 1. The summed E-state index contributed by atoms with van der Waals surface area (Å²) in [6, 6.07) is 17.6. The smallest absolute Gasteiger partial charge is 0.258 e. The summed E-state index contributed by atoms with van der Waals surface area (Å²) in [5.74, 6) is -2.76. The Morgan fingerprint density at radius 1 is 1.02 bits per heavy atom. The van der Waals surface area contributed by atoms with Crippen LogP contribution in [0.1, 0.15) is 60.4 Å². The fraction of sp³-hybridized carbons (Fsp3) is 0.294. The maximum atomic E-state index is 15.6. The Hall–Kier alpha value is -4.46. The first-order valence-electron chi connectivity index (χ1n) is 14.5. The van der Waals surface area contributed by atoms with Crippen molar-refractivity contribution in [3.8, 4) is 5.75 Å². The quantitative estimate of drug-likeness (QED) is 0.211. The molecule has 1 aliphatic rings. The number of hydrogen-bond donors (Lipinski definition) is 3. The maximum Gasteiger partial charge on any atom is 0.258 e. The number of para-hydroxylation sites is 2. The molecule has 5 aromatic rings. The molecule has 3 aromatic carbocycles. The zero-order valence-corrected chi connectivity index (χ0v) is 23.4. The van der Waals surface area contributed by atoms with Crippen LogP contribution in [0.3, 0.4) is 0 Å². The summed E-state index contributed by atoms with van der Waals surface area (Å²) in [5.41, 5.74) is 1.85. The highest BCUT2D eigenvalue weighted by Gasteiger charge is 2.32. The molecule has 0 aliphatic heterocycles. The van der Waals surface area contributed by atoms with Gasteiger partial charge in [0.25, 0.3) is 5.56 Å². The number of aromatic amines is 1. The van der Waals surface area contributed by atoms with Crippen LogP contribution in [0.15, 0.2) is 71.5 Å². The molecule has 8 heteroatoms. The summed E-state index contributed by atoms with van der Waals surface area (Å²) >= 11 is 0. The monoisotopic (exact) mass is 569 g/mol. The van der Waals surface area contributed by atoms with Crippen LogP contribution in [0, 0.1) is 17.6 Å². The van der Waals surface area contributed by atoms with Gasteiger partial charge in [0.1, 0.15) is 17.4 Å². The number of amides is 1. The van der Waals surface area contributed by atoms with Gasteiger partial charge in [0.05, 0.1) is 17.0 Å². The van der Waals surface area contributed by atoms with Gasteiger partial charge in [0, 0.05) is 47.1 Å². The Balaban J connectivity index is 1.52. The highest BCUT2D eigenvalue weighted by molar-refractivity contribution is 5.88. The van der Waals surface area contributed by atoms with Crippen LogP contribution in [0.2, 0.25) is 0 Å². The van der Waals surface area contributed by atoms with Crippen LogP contribution < -0.4 is 10.9 Å². The topological polar surface area (TPSA) is 87.1 Å². The molecule has 1 unspecified atom stereocenters. The molecule has 3 N–H and O–H groups in total. The van der Waals surface area contributed by atoms with Gasteiger partial charge < -0.3 is 20.0 Å². The number of nitrogens with zero attached hydrogens (tertiary/aromatic N) is 1. The summed E-state index contributed by atoms with van der Waals surface area (Å²) in [6.07, 6.45) is 5.41. The second-order valence-electron chi connectivity index (χ2n) is 11.2. The van der Waals surface area contributed by atoms with Gasteiger partial charge in [-0.25, -0.2) is 8.78 Å². The summed E-state index contributed by atoms with van der Waals surface area (Å²) < 4.78 is 31.7. The minimum atomic E-state index is -1.15. The fourth-order valence-electron chi connectivity index (χ4n) is 6.51. The van der Waals surface area contributed by atoms with Crippen molar-refractivity contribution in [3.05, 3.63) is 111 Å². The first kappa shape index (κ1) is 27.7. The molecule has 6 rings (SSSR count). The Bertz CT molecular complexity index is 1850. The molecule has 1 amide bonds. The van der Waals surface area contributed by atoms with Gasteiger partial charge in [-0.2, -0.15) is 0 Å².